The molecule has 0 atom stereocenters. The Hall–Kier alpha value is -0.940. The van der Waals surface area contributed by atoms with Gasteiger partial charge in [-0.15, -0.1) is 0 Å². The molecule has 0 spiro atoms. The molecule has 0 aliphatic heterocycles. The number of carbonyl (C=O) groups is 1. The van der Waals surface area contributed by atoms with Gasteiger partial charge in [0.15, 0.2) is 0 Å². The summed E-state index contributed by atoms with van der Waals surface area (Å²) in [6, 6.07) is 3.14. The summed E-state index contributed by atoms with van der Waals surface area (Å²) in [4.78, 5) is 10.7. The highest BCUT2D eigenvalue weighted by Gasteiger charge is 2.18. The van der Waals surface area contributed by atoms with E-state index < -0.39 is 27.3 Å². The zero-order valence-corrected chi connectivity index (χ0v) is 14.1. The fraction of sp³-hybridized carbons (Fsp3) is 0.417. The summed E-state index contributed by atoms with van der Waals surface area (Å²) >= 11 is 0. The molecule has 22 heavy (non-hydrogen) atoms. The summed E-state index contributed by atoms with van der Waals surface area (Å²) in [5.74, 6) is -0.369. The monoisotopic (exact) mass is 366 g/mol. The molecule has 0 saturated heterocycles. The third kappa shape index (κ3) is 6.05. The number of aromatic hydroxyl groups is 1. The maximum atomic E-state index is 12.0. The SMILES string of the molecule is NCCCSSCCNS(=O)(=O)c1ccc(O)c(C(=O)O)c1. The van der Waals surface area contributed by atoms with E-state index in [0.29, 0.717) is 12.3 Å². The van der Waals surface area contributed by atoms with Gasteiger partial charge in [-0.05, 0) is 31.2 Å². The van der Waals surface area contributed by atoms with Gasteiger partial charge in [-0.3, -0.25) is 0 Å². The normalized spacial score (nSPS) is 11.5. The highest BCUT2D eigenvalue weighted by molar-refractivity contribution is 8.76. The Labute approximate surface area is 137 Å². The Morgan fingerprint density at radius 3 is 2.59 bits per heavy atom. The van der Waals surface area contributed by atoms with Gasteiger partial charge in [0.2, 0.25) is 10.0 Å². The van der Waals surface area contributed by atoms with Crippen molar-refractivity contribution >= 4 is 37.6 Å². The molecule has 5 N–H and O–H groups in total. The number of benzene rings is 1. The molecule has 0 aromatic heterocycles. The average molecular weight is 366 g/mol. The van der Waals surface area contributed by atoms with Crippen molar-refractivity contribution in [1.29, 1.82) is 0 Å². The molecule has 7 nitrogen and oxygen atoms in total. The van der Waals surface area contributed by atoms with Crippen LogP contribution in [0, 0.1) is 0 Å². The van der Waals surface area contributed by atoms with Crippen molar-refractivity contribution in [2.24, 2.45) is 5.73 Å². The van der Waals surface area contributed by atoms with Gasteiger partial charge in [0.25, 0.3) is 0 Å². The van der Waals surface area contributed by atoms with Gasteiger partial charge in [0.1, 0.15) is 11.3 Å². The lowest BCUT2D eigenvalue weighted by atomic mass is 10.2. The standard InChI is InChI=1S/C12H18N2O5S3/c13-4-1-6-20-21-7-5-14-22(18,19)9-2-3-11(15)10(8-9)12(16)17/h2-3,8,14-15H,1,4-7,13H2,(H,16,17). The third-order valence-electron chi connectivity index (χ3n) is 2.50. The van der Waals surface area contributed by atoms with E-state index in [0.717, 1.165) is 30.4 Å². The Morgan fingerprint density at radius 2 is 1.95 bits per heavy atom. The topological polar surface area (TPSA) is 130 Å². The quantitative estimate of drug-likeness (QED) is 0.358. The van der Waals surface area contributed by atoms with Crippen LogP contribution in [-0.4, -0.2) is 49.2 Å². The van der Waals surface area contributed by atoms with Crippen LogP contribution in [-0.2, 0) is 10.0 Å². The molecule has 0 heterocycles. The van der Waals surface area contributed by atoms with Gasteiger partial charge in [-0.1, -0.05) is 21.6 Å². The van der Waals surface area contributed by atoms with Crippen LogP contribution in [0.5, 0.6) is 5.75 Å². The van der Waals surface area contributed by atoms with Crippen LogP contribution in [0.3, 0.4) is 0 Å². The van der Waals surface area contributed by atoms with Crippen molar-refractivity contribution in [2.45, 2.75) is 11.3 Å². The van der Waals surface area contributed by atoms with E-state index >= 15 is 0 Å². The largest absolute Gasteiger partial charge is 0.507 e. The predicted octanol–water partition coefficient (Wildman–Crippen LogP) is 1.10. The van der Waals surface area contributed by atoms with Crippen molar-refractivity contribution in [1.82, 2.24) is 4.72 Å². The van der Waals surface area contributed by atoms with Crippen molar-refractivity contribution in [3.05, 3.63) is 23.8 Å². The first kappa shape index (κ1) is 19.1. The minimum Gasteiger partial charge on any atom is -0.507 e. The highest BCUT2D eigenvalue weighted by Crippen LogP contribution is 2.22. The predicted molar refractivity (Wildman–Crippen MR) is 88.8 cm³/mol. The van der Waals surface area contributed by atoms with Gasteiger partial charge in [0.05, 0.1) is 4.90 Å². The fourth-order valence-corrected chi connectivity index (χ4v) is 4.62. The van der Waals surface area contributed by atoms with Crippen molar-refractivity contribution in [3.63, 3.8) is 0 Å². The third-order valence-corrected chi connectivity index (χ3v) is 6.45. The number of sulfonamides is 1. The Bertz CT molecular complexity index is 607. The lowest BCUT2D eigenvalue weighted by Crippen LogP contribution is -2.26. The average Bonchev–Trinajstić information content (AvgIpc) is 2.46. The molecule has 124 valence electrons. The number of carboxylic acids is 1. The summed E-state index contributed by atoms with van der Waals surface area (Å²) in [6.07, 6.45) is 0.912. The molecule has 0 bridgehead atoms. The van der Waals surface area contributed by atoms with Crippen LogP contribution in [0.15, 0.2) is 23.1 Å². The summed E-state index contributed by atoms with van der Waals surface area (Å²) < 4.78 is 26.5. The smallest absolute Gasteiger partial charge is 0.339 e. The number of nitrogens with two attached hydrogens (primary N) is 1. The number of hydrogen-bond acceptors (Lipinski definition) is 7. The minimum absolute atomic E-state index is 0.191. The molecule has 0 aliphatic carbocycles. The Balaban J connectivity index is 2.56. The molecule has 1 aromatic carbocycles. The van der Waals surface area contributed by atoms with Crippen LogP contribution in [0.4, 0.5) is 0 Å². The summed E-state index contributed by atoms with van der Waals surface area (Å²) in [5, 5.41) is 18.3. The minimum atomic E-state index is -3.80. The maximum Gasteiger partial charge on any atom is 0.339 e. The van der Waals surface area contributed by atoms with Crippen molar-refractivity contribution < 1.29 is 23.4 Å². The first-order valence-electron chi connectivity index (χ1n) is 6.39. The second-order valence-electron chi connectivity index (χ2n) is 4.17. The number of carboxylic acid groups (broad SMARTS) is 1. The molecule has 0 amide bonds. The number of nitrogens with one attached hydrogen (secondary N) is 1. The number of rotatable bonds is 10. The van der Waals surface area contributed by atoms with E-state index in [9.17, 15) is 18.3 Å². The molecule has 0 fully saturated rings. The van der Waals surface area contributed by atoms with Gasteiger partial charge in [-0.2, -0.15) is 0 Å². The van der Waals surface area contributed by atoms with E-state index in [1.54, 1.807) is 10.8 Å². The first-order valence-corrected chi connectivity index (χ1v) is 10.4. The molecular formula is C12H18N2O5S3. The molecule has 10 heteroatoms. The van der Waals surface area contributed by atoms with Crippen LogP contribution in [0.2, 0.25) is 0 Å². The van der Waals surface area contributed by atoms with Crippen molar-refractivity contribution in [3.8, 4) is 5.75 Å². The van der Waals surface area contributed by atoms with E-state index in [1.165, 1.54) is 10.8 Å². The zero-order valence-electron chi connectivity index (χ0n) is 11.7. The lowest BCUT2D eigenvalue weighted by Gasteiger charge is -2.08. The maximum absolute atomic E-state index is 12.0. The zero-order chi connectivity index (χ0) is 16.6. The van der Waals surface area contributed by atoms with E-state index in [2.05, 4.69) is 4.72 Å². The van der Waals surface area contributed by atoms with Crippen LogP contribution in [0.25, 0.3) is 0 Å². The van der Waals surface area contributed by atoms with Gasteiger partial charge in [-0.25, -0.2) is 17.9 Å². The van der Waals surface area contributed by atoms with Crippen molar-refractivity contribution in [2.75, 3.05) is 24.6 Å². The second kappa shape index (κ2) is 9.26. The molecular weight excluding hydrogens is 348 g/mol. The summed E-state index contributed by atoms with van der Waals surface area (Å²) in [7, 11) is -0.634. The van der Waals surface area contributed by atoms with Gasteiger partial charge >= 0.3 is 5.97 Å². The molecule has 0 aliphatic rings. The molecule has 0 unspecified atom stereocenters. The number of phenols is 1. The lowest BCUT2D eigenvalue weighted by molar-refractivity contribution is 0.0693. The Kier molecular flexibility index (Phi) is 8.04. The van der Waals surface area contributed by atoms with Crippen LogP contribution < -0.4 is 10.5 Å². The summed E-state index contributed by atoms with van der Waals surface area (Å²) in [5.41, 5.74) is 4.91. The van der Waals surface area contributed by atoms with E-state index in [-0.39, 0.29) is 11.4 Å². The summed E-state index contributed by atoms with van der Waals surface area (Å²) in [6.45, 7) is 0.860. The highest BCUT2D eigenvalue weighted by atomic mass is 33.1. The number of hydrogen-bond donors (Lipinski definition) is 4. The van der Waals surface area contributed by atoms with Gasteiger partial charge < -0.3 is 15.9 Å². The van der Waals surface area contributed by atoms with Gasteiger partial charge in [0, 0.05) is 18.1 Å². The second-order valence-corrected chi connectivity index (χ2v) is 8.64. The Morgan fingerprint density at radius 1 is 1.27 bits per heavy atom. The van der Waals surface area contributed by atoms with Crippen LogP contribution >= 0.6 is 21.6 Å². The van der Waals surface area contributed by atoms with E-state index in [4.69, 9.17) is 10.8 Å². The number of aromatic carboxylic acids is 1. The fourth-order valence-electron chi connectivity index (χ4n) is 1.41. The molecule has 1 rings (SSSR count). The molecule has 0 radical (unpaired) electrons. The van der Waals surface area contributed by atoms with E-state index in [1.807, 2.05) is 0 Å². The molecule has 0 saturated carbocycles. The van der Waals surface area contributed by atoms with Crippen LogP contribution in [0.1, 0.15) is 16.8 Å². The first-order chi connectivity index (χ1) is 10.4. The molecule has 1 aromatic rings.